The Bertz CT molecular complexity index is 1210. The van der Waals surface area contributed by atoms with Crippen molar-refractivity contribution < 1.29 is 29.2 Å². The third-order valence-electron chi connectivity index (χ3n) is 5.74. The van der Waals surface area contributed by atoms with Crippen LogP contribution in [0.1, 0.15) is 64.1 Å². The molecule has 0 radical (unpaired) electrons. The molecule has 2 N–H and O–H groups in total. The monoisotopic (exact) mass is 494 g/mol. The van der Waals surface area contributed by atoms with Gasteiger partial charge >= 0.3 is 0 Å². The Morgan fingerprint density at radius 1 is 1.06 bits per heavy atom. The smallest absolute Gasteiger partial charge is 0.296 e. The Morgan fingerprint density at radius 2 is 1.64 bits per heavy atom. The van der Waals surface area contributed by atoms with E-state index in [-0.39, 0.29) is 10.8 Å². The van der Waals surface area contributed by atoms with E-state index >= 15 is 0 Å². The molecule has 0 saturated heterocycles. The van der Waals surface area contributed by atoms with Gasteiger partial charge in [-0.25, -0.2) is 15.2 Å². The molecule has 3 rings (SSSR count). The molecule has 0 aliphatic heterocycles. The zero-order valence-electron chi connectivity index (χ0n) is 21.9. The molecule has 2 aromatic carbocycles. The molecule has 0 fully saturated rings. The fourth-order valence-corrected chi connectivity index (χ4v) is 3.76. The number of aldehydes is 1. The zero-order chi connectivity index (χ0) is 26.7. The lowest BCUT2D eigenvalue weighted by Crippen LogP contribution is -2.17. The Hall–Kier alpha value is -3.65. The molecule has 0 spiro atoms. The summed E-state index contributed by atoms with van der Waals surface area (Å²) in [7, 11) is 0. The number of benzene rings is 2. The van der Waals surface area contributed by atoms with E-state index in [0.717, 1.165) is 22.4 Å². The highest BCUT2D eigenvalue weighted by atomic mass is 17.1. The maximum Gasteiger partial charge on any atom is 0.296 e. The van der Waals surface area contributed by atoms with Gasteiger partial charge in [0.2, 0.25) is 12.2 Å². The van der Waals surface area contributed by atoms with Gasteiger partial charge in [0.15, 0.2) is 0 Å². The van der Waals surface area contributed by atoms with E-state index in [9.17, 15) is 9.90 Å². The minimum Gasteiger partial charge on any atom is -0.507 e. The molecular weight excluding hydrogens is 460 g/mol. The van der Waals surface area contributed by atoms with E-state index < -0.39 is 5.90 Å². The highest BCUT2D eigenvalue weighted by Gasteiger charge is 2.28. The van der Waals surface area contributed by atoms with Crippen LogP contribution in [0, 0.1) is 6.92 Å². The second kappa shape index (κ2) is 10.5. The van der Waals surface area contributed by atoms with Crippen molar-refractivity contribution in [3.63, 3.8) is 0 Å². The molecule has 192 valence electrons. The standard InChI is InChI=1S/C28H34N2O6/c1-17-23(12-13-34-20-10-8-19(9-11-20)29-24(16-31)36-33)30-26(35-17)18-14-21(27(2,3)4)25(32)22(15-18)28(5,6)7/h8-11,14-16,32-33H,12-13H2,1-7H3. The zero-order valence-corrected chi connectivity index (χ0v) is 21.9. The van der Waals surface area contributed by atoms with E-state index in [0.29, 0.717) is 48.2 Å². The largest absolute Gasteiger partial charge is 0.507 e. The summed E-state index contributed by atoms with van der Waals surface area (Å²) in [5, 5.41) is 19.6. The number of phenolic OH excluding ortho intramolecular Hbond substituents is 1. The van der Waals surface area contributed by atoms with Crippen LogP contribution < -0.4 is 4.74 Å². The number of rotatable bonds is 7. The molecule has 0 bridgehead atoms. The van der Waals surface area contributed by atoms with Gasteiger partial charge in [-0.3, -0.25) is 4.79 Å². The van der Waals surface area contributed by atoms with Crippen LogP contribution in [0.4, 0.5) is 5.69 Å². The quantitative estimate of drug-likeness (QED) is 0.130. The van der Waals surface area contributed by atoms with Gasteiger partial charge in [-0.15, -0.1) is 0 Å². The Balaban J connectivity index is 1.78. The highest BCUT2D eigenvalue weighted by Crippen LogP contribution is 2.42. The maximum atomic E-state index is 11.0. The van der Waals surface area contributed by atoms with Gasteiger partial charge in [-0.05, 0) is 54.2 Å². The summed E-state index contributed by atoms with van der Waals surface area (Å²) >= 11 is 0. The normalized spacial score (nSPS) is 12.5. The first kappa shape index (κ1) is 26.9. The van der Waals surface area contributed by atoms with Crippen LogP contribution in [0.25, 0.3) is 11.5 Å². The lowest BCUT2D eigenvalue weighted by molar-refractivity contribution is -0.158. The van der Waals surface area contributed by atoms with E-state index in [1.54, 1.807) is 24.3 Å². The lowest BCUT2D eigenvalue weighted by Gasteiger charge is -2.27. The number of carbonyl (C=O) groups is 1. The van der Waals surface area contributed by atoms with Gasteiger partial charge < -0.3 is 19.1 Å². The summed E-state index contributed by atoms with van der Waals surface area (Å²) in [6, 6.07) is 10.6. The lowest BCUT2D eigenvalue weighted by atomic mass is 9.78. The highest BCUT2D eigenvalue weighted by molar-refractivity contribution is 6.24. The van der Waals surface area contributed by atoms with Crippen molar-refractivity contribution in [1.29, 1.82) is 0 Å². The minimum atomic E-state index is -0.432. The van der Waals surface area contributed by atoms with Crippen LogP contribution in [0.2, 0.25) is 0 Å². The second-order valence-corrected chi connectivity index (χ2v) is 10.7. The van der Waals surface area contributed by atoms with Gasteiger partial charge in [-0.1, -0.05) is 41.5 Å². The molecule has 0 atom stereocenters. The minimum absolute atomic E-state index is 0.251. The van der Waals surface area contributed by atoms with Gasteiger partial charge in [0.25, 0.3) is 5.90 Å². The molecule has 0 unspecified atom stereocenters. The van der Waals surface area contributed by atoms with E-state index in [1.807, 2.05) is 19.1 Å². The molecule has 8 heteroatoms. The molecule has 3 aromatic rings. The van der Waals surface area contributed by atoms with Crippen molar-refractivity contribution >= 4 is 17.9 Å². The molecule has 0 saturated carbocycles. The van der Waals surface area contributed by atoms with Crippen molar-refractivity contribution in [2.75, 3.05) is 6.61 Å². The first-order chi connectivity index (χ1) is 16.8. The van der Waals surface area contributed by atoms with Gasteiger partial charge in [0, 0.05) is 23.1 Å². The molecule has 0 aliphatic rings. The van der Waals surface area contributed by atoms with Gasteiger partial charge in [0.1, 0.15) is 17.3 Å². The van der Waals surface area contributed by atoms with Crippen LogP contribution in [0.3, 0.4) is 0 Å². The number of carbonyl (C=O) groups excluding carboxylic acids is 1. The first-order valence-corrected chi connectivity index (χ1v) is 11.8. The number of ether oxygens (including phenoxy) is 1. The maximum absolute atomic E-state index is 11.0. The summed E-state index contributed by atoms with van der Waals surface area (Å²) in [5.74, 6) is 1.73. The molecule has 0 amide bonds. The first-order valence-electron chi connectivity index (χ1n) is 11.8. The number of oxazole rings is 1. The molecule has 36 heavy (non-hydrogen) atoms. The molecule has 8 nitrogen and oxygen atoms in total. The van der Waals surface area contributed by atoms with E-state index in [1.165, 1.54) is 0 Å². The SMILES string of the molecule is Cc1oc(-c2cc(C(C)(C)C)c(O)c(C(C)(C)C)c2)nc1CCOc1ccc(N=C(C=O)OO)cc1. The van der Waals surface area contributed by atoms with Gasteiger partial charge in [0.05, 0.1) is 18.0 Å². The van der Waals surface area contributed by atoms with E-state index in [2.05, 4.69) is 51.4 Å². The molecule has 0 aliphatic carbocycles. The van der Waals surface area contributed by atoms with Crippen molar-refractivity contribution in [2.24, 2.45) is 4.99 Å². The Morgan fingerprint density at radius 3 is 2.14 bits per heavy atom. The third-order valence-corrected chi connectivity index (χ3v) is 5.74. The Kier molecular flexibility index (Phi) is 7.89. The summed E-state index contributed by atoms with van der Waals surface area (Å²) < 4.78 is 11.9. The number of nitrogens with zero attached hydrogens (tertiary/aromatic N) is 2. The van der Waals surface area contributed by atoms with Crippen LogP contribution in [0.15, 0.2) is 45.8 Å². The summed E-state index contributed by atoms with van der Waals surface area (Å²) in [6.45, 7) is 14.7. The van der Waals surface area contributed by atoms with Gasteiger partial charge in [-0.2, -0.15) is 0 Å². The second-order valence-electron chi connectivity index (χ2n) is 10.7. The summed E-state index contributed by atoms with van der Waals surface area (Å²) in [4.78, 5) is 23.1. The van der Waals surface area contributed by atoms with Crippen molar-refractivity contribution in [3.8, 4) is 23.0 Å². The molecule has 1 heterocycles. The third kappa shape index (κ3) is 6.31. The predicted molar refractivity (Wildman–Crippen MR) is 138 cm³/mol. The number of aromatic hydroxyl groups is 1. The predicted octanol–water partition coefficient (Wildman–Crippen LogP) is 6.29. The van der Waals surface area contributed by atoms with Crippen molar-refractivity contribution in [2.45, 2.75) is 65.7 Å². The van der Waals surface area contributed by atoms with Crippen LogP contribution in [0.5, 0.6) is 11.5 Å². The van der Waals surface area contributed by atoms with Crippen LogP contribution >= 0.6 is 0 Å². The fourth-order valence-electron chi connectivity index (χ4n) is 3.76. The van der Waals surface area contributed by atoms with Crippen LogP contribution in [-0.4, -0.2) is 34.1 Å². The summed E-state index contributed by atoms with van der Waals surface area (Å²) in [6.07, 6.45) is 0.851. The van der Waals surface area contributed by atoms with Crippen LogP contribution in [-0.2, 0) is 26.9 Å². The molecule has 1 aromatic heterocycles. The van der Waals surface area contributed by atoms with E-state index in [4.69, 9.17) is 19.4 Å². The number of hydrogen-bond acceptors (Lipinski definition) is 8. The number of aliphatic imine (C=N–C) groups is 1. The molecular formula is C28H34N2O6. The number of hydrogen-bond donors (Lipinski definition) is 2. The topological polar surface area (TPSA) is 114 Å². The van der Waals surface area contributed by atoms with Crippen molar-refractivity contribution in [1.82, 2.24) is 4.98 Å². The Labute approximate surface area is 211 Å². The number of aromatic nitrogens is 1. The van der Waals surface area contributed by atoms with Crippen molar-refractivity contribution in [3.05, 3.63) is 59.0 Å². The summed E-state index contributed by atoms with van der Waals surface area (Å²) in [5.41, 5.74) is 3.26. The number of aryl methyl sites for hydroxylation is 1. The fraction of sp³-hybridized carbons (Fsp3) is 0.393. The average molecular weight is 495 g/mol. The number of phenols is 1. The average Bonchev–Trinajstić information content (AvgIpc) is 3.17.